The Morgan fingerprint density at radius 2 is 1.86 bits per heavy atom. The van der Waals surface area contributed by atoms with Gasteiger partial charge in [-0.3, -0.25) is 9.40 Å². The normalized spacial score (nSPS) is 14.2. The third-order valence-electron chi connectivity index (χ3n) is 4.87. The zero-order chi connectivity index (χ0) is 20.8. The highest BCUT2D eigenvalue weighted by molar-refractivity contribution is 7.93. The van der Waals surface area contributed by atoms with Gasteiger partial charge in [0, 0.05) is 30.8 Å². The minimum atomic E-state index is -3.68. The van der Waals surface area contributed by atoms with Crippen LogP contribution in [0.4, 0.5) is 18.9 Å². The zero-order valence-electron chi connectivity index (χ0n) is 15.5. The molecule has 1 heterocycles. The molecule has 1 aromatic heterocycles. The van der Waals surface area contributed by atoms with Gasteiger partial charge in [0.2, 0.25) is 10.0 Å². The molecule has 9 heteroatoms. The molecule has 2 aromatic carbocycles. The van der Waals surface area contributed by atoms with Crippen LogP contribution in [0, 0.1) is 17.5 Å². The van der Waals surface area contributed by atoms with Crippen LogP contribution in [-0.2, 0) is 23.5 Å². The minimum absolute atomic E-state index is 0.0773. The third kappa shape index (κ3) is 4.00. The maximum absolute atomic E-state index is 14.7. The lowest BCUT2D eigenvalue weighted by molar-refractivity contribution is 0.500. The Balaban J connectivity index is 1.67. The first-order chi connectivity index (χ1) is 13.7. The van der Waals surface area contributed by atoms with Crippen LogP contribution in [0.2, 0.25) is 0 Å². The van der Waals surface area contributed by atoms with Gasteiger partial charge in [0.05, 0.1) is 17.1 Å². The van der Waals surface area contributed by atoms with Crippen molar-refractivity contribution >= 4 is 15.7 Å². The van der Waals surface area contributed by atoms with E-state index in [0.29, 0.717) is 24.0 Å². The number of rotatable bonds is 6. The standard InChI is InChI=1S/C20H18F3N3O2S/c1-26-11-14(10-24-26)12-2-3-13(18(22)9-12)8-16-19(7-6-17(21)20(16)23)25-29(27,28)15-4-5-15/h2-3,6-7,9-11,15,25H,4-5,8H2,1H3. The van der Waals surface area contributed by atoms with Gasteiger partial charge in [0.1, 0.15) is 5.82 Å². The summed E-state index contributed by atoms with van der Waals surface area (Å²) < 4.78 is 71.3. The molecule has 4 rings (SSSR count). The molecule has 1 aliphatic rings. The van der Waals surface area contributed by atoms with E-state index in [1.54, 1.807) is 30.2 Å². The molecule has 3 aromatic rings. The highest BCUT2D eigenvalue weighted by Crippen LogP contribution is 2.33. The van der Waals surface area contributed by atoms with E-state index < -0.39 is 32.7 Å². The molecule has 0 amide bonds. The number of hydrogen-bond donors (Lipinski definition) is 1. The van der Waals surface area contributed by atoms with E-state index in [-0.39, 0.29) is 23.2 Å². The zero-order valence-corrected chi connectivity index (χ0v) is 16.3. The summed E-state index contributed by atoms with van der Waals surface area (Å²) in [5.41, 5.74) is 1.12. The van der Waals surface area contributed by atoms with Gasteiger partial charge in [-0.25, -0.2) is 21.6 Å². The molecule has 5 nitrogen and oxygen atoms in total. The molecule has 0 aliphatic heterocycles. The van der Waals surface area contributed by atoms with Crippen molar-refractivity contribution in [1.29, 1.82) is 0 Å². The van der Waals surface area contributed by atoms with Gasteiger partial charge in [-0.15, -0.1) is 0 Å². The molecule has 29 heavy (non-hydrogen) atoms. The van der Waals surface area contributed by atoms with Gasteiger partial charge in [-0.2, -0.15) is 5.10 Å². The summed E-state index contributed by atoms with van der Waals surface area (Å²) in [6.07, 6.45) is 4.07. The summed E-state index contributed by atoms with van der Waals surface area (Å²) >= 11 is 0. The van der Waals surface area contributed by atoms with Crippen molar-refractivity contribution in [2.24, 2.45) is 7.05 Å². The molecule has 0 spiro atoms. The number of anilines is 1. The molecule has 0 bridgehead atoms. The summed E-state index contributed by atoms with van der Waals surface area (Å²) in [4.78, 5) is 0. The lowest BCUT2D eigenvalue weighted by Gasteiger charge is -2.14. The smallest absolute Gasteiger partial charge is 0.235 e. The summed E-state index contributed by atoms with van der Waals surface area (Å²) in [5, 5.41) is 3.51. The number of nitrogens with one attached hydrogen (secondary N) is 1. The molecule has 0 radical (unpaired) electrons. The first-order valence-corrected chi connectivity index (χ1v) is 10.5. The fourth-order valence-electron chi connectivity index (χ4n) is 3.11. The Kier molecular flexibility index (Phi) is 4.85. The molecular formula is C20H18F3N3O2S. The Hall–Kier alpha value is -2.81. The summed E-state index contributed by atoms with van der Waals surface area (Å²) in [5.74, 6) is -2.93. The van der Waals surface area contributed by atoms with Crippen molar-refractivity contribution in [1.82, 2.24) is 9.78 Å². The van der Waals surface area contributed by atoms with E-state index in [2.05, 4.69) is 9.82 Å². The monoisotopic (exact) mass is 421 g/mol. The predicted molar refractivity (Wildman–Crippen MR) is 103 cm³/mol. The van der Waals surface area contributed by atoms with Crippen molar-refractivity contribution in [3.63, 3.8) is 0 Å². The van der Waals surface area contributed by atoms with Crippen molar-refractivity contribution in [3.05, 3.63) is 71.3 Å². The number of nitrogens with zero attached hydrogens (tertiary/aromatic N) is 2. The fourth-order valence-corrected chi connectivity index (χ4v) is 4.53. The largest absolute Gasteiger partial charge is 0.283 e. The van der Waals surface area contributed by atoms with E-state index in [0.717, 1.165) is 12.1 Å². The molecule has 0 atom stereocenters. The number of sulfonamides is 1. The van der Waals surface area contributed by atoms with Gasteiger partial charge in [0.15, 0.2) is 11.6 Å². The van der Waals surface area contributed by atoms with Crippen LogP contribution in [0.5, 0.6) is 0 Å². The quantitative estimate of drug-likeness (QED) is 0.654. The maximum Gasteiger partial charge on any atom is 0.235 e. The Morgan fingerprint density at radius 3 is 2.48 bits per heavy atom. The second-order valence-electron chi connectivity index (χ2n) is 7.12. The molecule has 0 unspecified atom stereocenters. The van der Waals surface area contributed by atoms with Crippen LogP contribution >= 0.6 is 0 Å². The predicted octanol–water partition coefficient (Wildman–Crippen LogP) is 4.00. The van der Waals surface area contributed by atoms with Crippen LogP contribution in [0.15, 0.2) is 42.7 Å². The first kappa shape index (κ1) is 19.5. The van der Waals surface area contributed by atoms with Gasteiger partial charge < -0.3 is 0 Å². The van der Waals surface area contributed by atoms with Crippen molar-refractivity contribution in [2.75, 3.05) is 4.72 Å². The van der Waals surface area contributed by atoms with E-state index in [1.165, 1.54) is 12.1 Å². The summed E-state index contributed by atoms with van der Waals surface area (Å²) in [7, 11) is -1.94. The molecule has 1 fully saturated rings. The first-order valence-electron chi connectivity index (χ1n) is 9.00. The molecule has 1 saturated carbocycles. The Bertz CT molecular complexity index is 1190. The molecule has 152 valence electrons. The van der Waals surface area contributed by atoms with Gasteiger partial charge >= 0.3 is 0 Å². The molecule has 1 N–H and O–H groups in total. The number of halogens is 3. The number of aryl methyl sites for hydroxylation is 1. The average molecular weight is 421 g/mol. The second-order valence-corrected chi connectivity index (χ2v) is 9.08. The molecular weight excluding hydrogens is 403 g/mol. The molecule has 1 aliphatic carbocycles. The fraction of sp³-hybridized carbons (Fsp3) is 0.250. The van der Waals surface area contributed by atoms with E-state index in [4.69, 9.17) is 0 Å². The minimum Gasteiger partial charge on any atom is -0.283 e. The lowest BCUT2D eigenvalue weighted by Crippen LogP contribution is -2.19. The van der Waals surface area contributed by atoms with Crippen LogP contribution in [0.3, 0.4) is 0 Å². The van der Waals surface area contributed by atoms with Crippen molar-refractivity contribution in [3.8, 4) is 11.1 Å². The summed E-state index contributed by atoms with van der Waals surface area (Å²) in [6, 6.07) is 6.43. The number of aromatic nitrogens is 2. The van der Waals surface area contributed by atoms with Crippen molar-refractivity contribution in [2.45, 2.75) is 24.5 Å². The van der Waals surface area contributed by atoms with Crippen LogP contribution in [0.1, 0.15) is 24.0 Å². The van der Waals surface area contributed by atoms with Crippen LogP contribution in [0.25, 0.3) is 11.1 Å². The van der Waals surface area contributed by atoms with Crippen LogP contribution in [-0.4, -0.2) is 23.4 Å². The van der Waals surface area contributed by atoms with Gasteiger partial charge in [-0.05, 0) is 42.2 Å². The lowest BCUT2D eigenvalue weighted by atomic mass is 9.99. The van der Waals surface area contributed by atoms with Gasteiger partial charge in [-0.1, -0.05) is 12.1 Å². The number of benzene rings is 2. The summed E-state index contributed by atoms with van der Waals surface area (Å²) in [6.45, 7) is 0. The highest BCUT2D eigenvalue weighted by Gasteiger charge is 2.36. The van der Waals surface area contributed by atoms with Crippen LogP contribution < -0.4 is 4.72 Å². The Morgan fingerprint density at radius 1 is 1.10 bits per heavy atom. The maximum atomic E-state index is 14.7. The average Bonchev–Trinajstić information content (AvgIpc) is 3.45. The van der Waals surface area contributed by atoms with Crippen molar-refractivity contribution < 1.29 is 21.6 Å². The number of hydrogen-bond acceptors (Lipinski definition) is 3. The third-order valence-corrected chi connectivity index (χ3v) is 6.72. The SMILES string of the molecule is Cn1cc(-c2ccc(Cc3c(NS(=O)(=O)C4CC4)ccc(F)c3F)c(F)c2)cn1. The molecule has 0 saturated heterocycles. The Labute approximate surface area is 166 Å². The second kappa shape index (κ2) is 7.22. The topological polar surface area (TPSA) is 64.0 Å². The van der Waals surface area contributed by atoms with E-state index >= 15 is 0 Å². The van der Waals surface area contributed by atoms with E-state index in [1.807, 2.05) is 0 Å². The van der Waals surface area contributed by atoms with E-state index in [9.17, 15) is 21.6 Å². The highest BCUT2D eigenvalue weighted by atomic mass is 32.2. The van der Waals surface area contributed by atoms with Gasteiger partial charge in [0.25, 0.3) is 0 Å².